The summed E-state index contributed by atoms with van der Waals surface area (Å²) < 4.78 is 5.37. The molecule has 1 aromatic rings. The smallest absolute Gasteiger partial charge is 0.410 e. The molecule has 1 aliphatic carbocycles. The van der Waals surface area contributed by atoms with Gasteiger partial charge < -0.3 is 14.7 Å². The minimum Gasteiger partial charge on any atom is -0.481 e. The average Bonchev–Trinajstić information content (AvgIpc) is 2.98. The molecule has 0 aromatic heterocycles. The molecule has 1 saturated heterocycles. The molecular weight excluding hydrogens is 294 g/mol. The number of carbonyl (C=O) groups is 2. The van der Waals surface area contributed by atoms with Crippen molar-refractivity contribution in [3.05, 3.63) is 35.9 Å². The maximum Gasteiger partial charge on any atom is 0.410 e. The molecule has 2 aliphatic rings. The fourth-order valence-corrected chi connectivity index (χ4v) is 3.85. The van der Waals surface area contributed by atoms with Gasteiger partial charge in [0.25, 0.3) is 0 Å². The van der Waals surface area contributed by atoms with E-state index >= 15 is 0 Å². The zero-order valence-corrected chi connectivity index (χ0v) is 13.2. The Morgan fingerprint density at radius 2 is 1.87 bits per heavy atom. The molecule has 2 fully saturated rings. The molecule has 1 spiro atoms. The first-order valence-corrected chi connectivity index (χ1v) is 8.26. The lowest BCUT2D eigenvalue weighted by atomic mass is 9.76. The van der Waals surface area contributed by atoms with Crippen LogP contribution >= 0.6 is 0 Å². The van der Waals surface area contributed by atoms with Crippen LogP contribution in [-0.2, 0) is 16.1 Å². The first-order valence-electron chi connectivity index (χ1n) is 8.26. The SMILES string of the molecule is O=C(O)C1CCC2(CCN(C(=O)OCc3ccccc3)CC2)C1. The van der Waals surface area contributed by atoms with Gasteiger partial charge in [0, 0.05) is 13.1 Å². The van der Waals surface area contributed by atoms with Gasteiger partial charge in [0.05, 0.1) is 5.92 Å². The van der Waals surface area contributed by atoms with Crippen LogP contribution in [0.5, 0.6) is 0 Å². The van der Waals surface area contributed by atoms with Crippen molar-refractivity contribution in [3.63, 3.8) is 0 Å². The number of rotatable bonds is 3. The number of carbonyl (C=O) groups excluding carboxylic acids is 1. The van der Waals surface area contributed by atoms with Crippen LogP contribution in [0.15, 0.2) is 30.3 Å². The first kappa shape index (κ1) is 15.8. The largest absolute Gasteiger partial charge is 0.481 e. The van der Waals surface area contributed by atoms with Gasteiger partial charge in [-0.1, -0.05) is 30.3 Å². The van der Waals surface area contributed by atoms with Crippen LogP contribution in [0.2, 0.25) is 0 Å². The zero-order chi connectivity index (χ0) is 16.3. The fraction of sp³-hybridized carbons (Fsp3) is 0.556. The summed E-state index contributed by atoms with van der Waals surface area (Å²) in [6.07, 6.45) is 4.01. The summed E-state index contributed by atoms with van der Waals surface area (Å²) in [7, 11) is 0. The molecule has 1 aliphatic heterocycles. The molecule has 0 bridgehead atoms. The van der Waals surface area contributed by atoms with Crippen LogP contribution in [0.1, 0.15) is 37.7 Å². The van der Waals surface area contributed by atoms with E-state index in [-0.39, 0.29) is 17.4 Å². The molecule has 5 nitrogen and oxygen atoms in total. The molecule has 1 saturated carbocycles. The second kappa shape index (κ2) is 6.60. The van der Waals surface area contributed by atoms with E-state index in [1.54, 1.807) is 4.90 Å². The molecular formula is C18H23NO4. The number of likely N-dealkylation sites (tertiary alicyclic amines) is 1. The second-order valence-corrected chi connectivity index (χ2v) is 6.81. The van der Waals surface area contributed by atoms with E-state index in [2.05, 4.69) is 0 Å². The Labute approximate surface area is 136 Å². The maximum atomic E-state index is 12.2. The highest BCUT2D eigenvalue weighted by Gasteiger charge is 2.44. The van der Waals surface area contributed by atoms with Gasteiger partial charge in [0.1, 0.15) is 6.61 Å². The monoisotopic (exact) mass is 317 g/mol. The van der Waals surface area contributed by atoms with Crippen LogP contribution in [-0.4, -0.2) is 35.2 Å². The third-order valence-electron chi connectivity index (χ3n) is 5.34. The van der Waals surface area contributed by atoms with E-state index in [1.165, 1.54) is 0 Å². The minimum atomic E-state index is -0.674. The Hall–Kier alpha value is -2.04. The molecule has 5 heteroatoms. The first-order chi connectivity index (χ1) is 11.1. The van der Waals surface area contributed by atoms with E-state index in [0.29, 0.717) is 19.7 Å². The van der Waals surface area contributed by atoms with Gasteiger partial charge in [0.15, 0.2) is 0 Å². The van der Waals surface area contributed by atoms with Gasteiger partial charge in [-0.05, 0) is 43.1 Å². The van der Waals surface area contributed by atoms with Crippen LogP contribution in [0.4, 0.5) is 4.79 Å². The molecule has 0 radical (unpaired) electrons. The van der Waals surface area contributed by atoms with E-state index in [9.17, 15) is 9.59 Å². The highest BCUT2D eigenvalue weighted by atomic mass is 16.6. The average molecular weight is 317 g/mol. The summed E-state index contributed by atoms with van der Waals surface area (Å²) in [6.45, 7) is 1.63. The number of aliphatic carboxylic acids is 1. The van der Waals surface area contributed by atoms with Crippen LogP contribution in [0.3, 0.4) is 0 Å². The molecule has 1 heterocycles. The number of hydrogen-bond acceptors (Lipinski definition) is 3. The van der Waals surface area contributed by atoms with Gasteiger partial charge >= 0.3 is 12.1 Å². The Kier molecular flexibility index (Phi) is 4.55. The van der Waals surface area contributed by atoms with E-state index < -0.39 is 5.97 Å². The van der Waals surface area contributed by atoms with E-state index in [0.717, 1.165) is 37.7 Å². The summed E-state index contributed by atoms with van der Waals surface area (Å²) in [5.41, 5.74) is 1.11. The third-order valence-corrected chi connectivity index (χ3v) is 5.34. The van der Waals surface area contributed by atoms with Crippen molar-refractivity contribution in [2.24, 2.45) is 11.3 Å². The van der Waals surface area contributed by atoms with Crippen molar-refractivity contribution < 1.29 is 19.4 Å². The normalized spacial score (nSPS) is 23.0. The highest BCUT2D eigenvalue weighted by Crippen LogP contribution is 2.48. The Morgan fingerprint density at radius 3 is 2.48 bits per heavy atom. The highest BCUT2D eigenvalue weighted by molar-refractivity contribution is 5.70. The minimum absolute atomic E-state index is 0.124. The number of amides is 1. The topological polar surface area (TPSA) is 66.8 Å². The number of ether oxygens (including phenoxy) is 1. The van der Waals surface area contributed by atoms with Gasteiger partial charge in [-0.2, -0.15) is 0 Å². The van der Waals surface area contributed by atoms with Gasteiger partial charge in [-0.15, -0.1) is 0 Å². The van der Waals surface area contributed by atoms with Crippen LogP contribution in [0.25, 0.3) is 0 Å². The lowest BCUT2D eigenvalue weighted by molar-refractivity contribution is -0.141. The molecule has 1 amide bonds. The maximum absolute atomic E-state index is 12.2. The molecule has 1 N–H and O–H groups in total. The molecule has 1 unspecified atom stereocenters. The van der Waals surface area contributed by atoms with Crippen LogP contribution < -0.4 is 0 Å². The Balaban J connectivity index is 1.47. The lowest BCUT2D eigenvalue weighted by Crippen LogP contribution is -2.42. The number of piperidine rings is 1. The quantitative estimate of drug-likeness (QED) is 0.929. The number of carboxylic acid groups (broad SMARTS) is 1. The van der Waals surface area contributed by atoms with E-state index in [4.69, 9.17) is 9.84 Å². The standard InChI is InChI=1S/C18H23NO4/c20-16(21)15-6-7-18(12-15)8-10-19(11-9-18)17(22)23-13-14-4-2-1-3-5-14/h1-5,15H,6-13H2,(H,20,21). The van der Waals surface area contributed by atoms with Crippen molar-refractivity contribution in [1.29, 1.82) is 0 Å². The van der Waals surface area contributed by atoms with Gasteiger partial charge in [-0.25, -0.2) is 4.79 Å². The van der Waals surface area contributed by atoms with Gasteiger partial charge in [-0.3, -0.25) is 4.79 Å². The number of benzene rings is 1. The summed E-state index contributed by atoms with van der Waals surface area (Å²) >= 11 is 0. The molecule has 124 valence electrons. The molecule has 23 heavy (non-hydrogen) atoms. The zero-order valence-electron chi connectivity index (χ0n) is 13.2. The summed E-state index contributed by atoms with van der Waals surface area (Å²) in [5, 5.41) is 9.16. The van der Waals surface area contributed by atoms with Crippen molar-refractivity contribution in [2.45, 2.75) is 38.7 Å². The Morgan fingerprint density at radius 1 is 1.17 bits per heavy atom. The summed E-state index contributed by atoms with van der Waals surface area (Å²) in [4.78, 5) is 25.0. The third kappa shape index (κ3) is 3.66. The van der Waals surface area contributed by atoms with Crippen molar-refractivity contribution >= 4 is 12.1 Å². The van der Waals surface area contributed by atoms with E-state index in [1.807, 2.05) is 30.3 Å². The molecule has 3 rings (SSSR count). The Bertz CT molecular complexity index is 564. The number of carboxylic acids is 1. The summed E-state index contributed by atoms with van der Waals surface area (Å²) in [6, 6.07) is 9.65. The predicted octanol–water partition coefficient (Wildman–Crippen LogP) is 3.29. The van der Waals surface area contributed by atoms with Crippen molar-refractivity contribution in [1.82, 2.24) is 4.90 Å². The van der Waals surface area contributed by atoms with Gasteiger partial charge in [0.2, 0.25) is 0 Å². The fourth-order valence-electron chi connectivity index (χ4n) is 3.85. The number of hydrogen-bond donors (Lipinski definition) is 1. The number of nitrogens with zero attached hydrogens (tertiary/aromatic N) is 1. The van der Waals surface area contributed by atoms with Crippen LogP contribution in [0, 0.1) is 11.3 Å². The molecule has 1 atom stereocenters. The lowest BCUT2D eigenvalue weighted by Gasteiger charge is -2.39. The predicted molar refractivity (Wildman–Crippen MR) is 84.8 cm³/mol. The van der Waals surface area contributed by atoms with Crippen molar-refractivity contribution in [2.75, 3.05) is 13.1 Å². The second-order valence-electron chi connectivity index (χ2n) is 6.81. The summed E-state index contributed by atoms with van der Waals surface area (Å²) in [5.74, 6) is -0.877. The van der Waals surface area contributed by atoms with Crippen molar-refractivity contribution in [3.8, 4) is 0 Å². The molecule has 1 aromatic carbocycles.